The third-order valence-electron chi connectivity index (χ3n) is 4.51. The number of hydrogen-bond donors (Lipinski definition) is 0. The molecule has 0 N–H and O–H groups in total. The Morgan fingerprint density at radius 3 is 1.95 bits per heavy atom. The molecule has 114 valence electrons. The lowest BCUT2D eigenvalue weighted by atomic mass is 9.82. The first-order valence-electron chi connectivity index (χ1n) is 8.14. The molecule has 22 heavy (non-hydrogen) atoms. The average molecular weight is 290 g/mol. The first-order chi connectivity index (χ1) is 10.2. The maximum atomic E-state index is 2.36. The lowest BCUT2D eigenvalue weighted by molar-refractivity contribution is 0.591. The topological polar surface area (TPSA) is 0 Å². The van der Waals surface area contributed by atoms with E-state index in [1.807, 2.05) is 0 Å². The van der Waals surface area contributed by atoms with Gasteiger partial charge in [0.2, 0.25) is 0 Å². The molecule has 3 aromatic carbocycles. The Balaban J connectivity index is 2.31. The molecule has 0 saturated carbocycles. The summed E-state index contributed by atoms with van der Waals surface area (Å²) >= 11 is 0. The van der Waals surface area contributed by atoms with Gasteiger partial charge in [0.05, 0.1) is 0 Å². The molecule has 0 unspecified atom stereocenters. The van der Waals surface area contributed by atoms with Gasteiger partial charge < -0.3 is 0 Å². The fraction of sp³-hybridized carbons (Fsp3) is 0.364. The SMILES string of the molecule is CC(C)(C)c1ccc2cc3c(C(C)(C)C)cccc3cc2c1. The fourth-order valence-corrected chi connectivity index (χ4v) is 3.14. The summed E-state index contributed by atoms with van der Waals surface area (Å²) in [5.74, 6) is 0. The van der Waals surface area contributed by atoms with Gasteiger partial charge in [0.25, 0.3) is 0 Å². The minimum atomic E-state index is 0.165. The van der Waals surface area contributed by atoms with E-state index in [0.29, 0.717) is 0 Å². The van der Waals surface area contributed by atoms with Gasteiger partial charge in [0.1, 0.15) is 0 Å². The minimum Gasteiger partial charge on any atom is -0.0613 e. The van der Waals surface area contributed by atoms with E-state index in [-0.39, 0.29) is 10.8 Å². The highest BCUT2D eigenvalue weighted by atomic mass is 14.2. The van der Waals surface area contributed by atoms with Gasteiger partial charge in [-0.1, -0.05) is 77.9 Å². The Hall–Kier alpha value is -1.82. The Kier molecular flexibility index (Phi) is 3.32. The van der Waals surface area contributed by atoms with Crippen molar-refractivity contribution in [2.45, 2.75) is 52.4 Å². The normalized spacial score (nSPS) is 13.0. The molecule has 0 fully saturated rings. The largest absolute Gasteiger partial charge is 0.0613 e. The van der Waals surface area contributed by atoms with Gasteiger partial charge in [-0.2, -0.15) is 0 Å². The van der Waals surface area contributed by atoms with Crippen LogP contribution < -0.4 is 0 Å². The number of fused-ring (bicyclic) bond motifs is 2. The second kappa shape index (κ2) is 4.84. The predicted octanol–water partition coefficient (Wildman–Crippen LogP) is 6.59. The summed E-state index contributed by atoms with van der Waals surface area (Å²) in [5.41, 5.74) is 3.17. The van der Waals surface area contributed by atoms with Gasteiger partial charge in [0.15, 0.2) is 0 Å². The molecule has 0 aromatic heterocycles. The summed E-state index contributed by atoms with van der Waals surface area (Å²) in [7, 11) is 0. The van der Waals surface area contributed by atoms with Crippen molar-refractivity contribution in [3.05, 3.63) is 59.7 Å². The second-order valence-electron chi connectivity index (χ2n) is 8.44. The molecule has 0 atom stereocenters. The van der Waals surface area contributed by atoms with Crippen LogP contribution in [0.2, 0.25) is 0 Å². The van der Waals surface area contributed by atoms with Crippen molar-refractivity contribution in [3.8, 4) is 0 Å². The lowest BCUT2D eigenvalue weighted by Crippen LogP contribution is -2.11. The van der Waals surface area contributed by atoms with E-state index in [0.717, 1.165) is 0 Å². The van der Waals surface area contributed by atoms with Crippen LogP contribution in [0, 0.1) is 0 Å². The molecule has 0 saturated heterocycles. The van der Waals surface area contributed by atoms with Crippen LogP contribution in [-0.2, 0) is 10.8 Å². The van der Waals surface area contributed by atoms with Gasteiger partial charge in [-0.05, 0) is 55.6 Å². The average Bonchev–Trinajstić information content (AvgIpc) is 2.41. The van der Waals surface area contributed by atoms with Crippen LogP contribution in [0.1, 0.15) is 52.7 Å². The van der Waals surface area contributed by atoms with E-state index >= 15 is 0 Å². The molecule has 0 amide bonds. The summed E-state index contributed by atoms with van der Waals surface area (Å²) in [6.07, 6.45) is 0. The quantitative estimate of drug-likeness (QED) is 0.410. The summed E-state index contributed by atoms with van der Waals surface area (Å²) in [5, 5.41) is 5.39. The number of benzene rings is 3. The highest BCUT2D eigenvalue weighted by molar-refractivity contribution is 6.00. The van der Waals surface area contributed by atoms with E-state index < -0.39 is 0 Å². The highest BCUT2D eigenvalue weighted by Gasteiger charge is 2.17. The van der Waals surface area contributed by atoms with Gasteiger partial charge in [0, 0.05) is 0 Å². The Bertz CT molecular complexity index is 839. The van der Waals surface area contributed by atoms with Crippen LogP contribution in [0.3, 0.4) is 0 Å². The van der Waals surface area contributed by atoms with Crippen molar-refractivity contribution in [1.82, 2.24) is 0 Å². The summed E-state index contributed by atoms with van der Waals surface area (Å²) in [6, 6.07) is 18.3. The molecule has 0 heterocycles. The molecule has 0 radical (unpaired) electrons. The first-order valence-corrected chi connectivity index (χ1v) is 8.14. The van der Waals surface area contributed by atoms with E-state index in [4.69, 9.17) is 0 Å². The van der Waals surface area contributed by atoms with Crippen molar-refractivity contribution in [2.24, 2.45) is 0 Å². The standard InChI is InChI=1S/C22H26/c1-21(2,3)18-11-10-15-14-19-16(12-17(15)13-18)8-7-9-20(19)22(4,5)6/h7-14H,1-6H3. The zero-order valence-electron chi connectivity index (χ0n) is 14.6. The molecule has 0 bridgehead atoms. The molecule has 3 aromatic rings. The van der Waals surface area contributed by atoms with Crippen molar-refractivity contribution in [3.63, 3.8) is 0 Å². The molecule has 0 nitrogen and oxygen atoms in total. The van der Waals surface area contributed by atoms with Gasteiger partial charge in [-0.15, -0.1) is 0 Å². The maximum absolute atomic E-state index is 2.36. The zero-order valence-corrected chi connectivity index (χ0v) is 14.6. The van der Waals surface area contributed by atoms with Gasteiger partial charge in [-0.3, -0.25) is 0 Å². The highest BCUT2D eigenvalue weighted by Crippen LogP contribution is 2.34. The molecular formula is C22H26. The summed E-state index contributed by atoms with van der Waals surface area (Å²) in [6.45, 7) is 13.7. The van der Waals surface area contributed by atoms with Crippen molar-refractivity contribution >= 4 is 21.5 Å². The first kappa shape index (κ1) is 15.1. The maximum Gasteiger partial charge on any atom is -0.0126 e. The molecule has 0 heteroatoms. The third-order valence-corrected chi connectivity index (χ3v) is 4.51. The van der Waals surface area contributed by atoms with Crippen LogP contribution >= 0.6 is 0 Å². The summed E-state index contributed by atoms with van der Waals surface area (Å²) in [4.78, 5) is 0. The van der Waals surface area contributed by atoms with Crippen LogP contribution in [0.25, 0.3) is 21.5 Å². The van der Waals surface area contributed by atoms with Crippen LogP contribution in [0.15, 0.2) is 48.5 Å². The van der Waals surface area contributed by atoms with E-state index in [9.17, 15) is 0 Å². The van der Waals surface area contributed by atoms with Gasteiger partial charge >= 0.3 is 0 Å². The molecule has 0 aliphatic rings. The van der Waals surface area contributed by atoms with Crippen molar-refractivity contribution in [1.29, 1.82) is 0 Å². The number of hydrogen-bond acceptors (Lipinski definition) is 0. The zero-order chi connectivity index (χ0) is 16.1. The molecule has 0 aliphatic heterocycles. The molecule has 3 rings (SSSR count). The van der Waals surface area contributed by atoms with Crippen LogP contribution in [-0.4, -0.2) is 0 Å². The smallest absolute Gasteiger partial charge is 0.0126 e. The minimum absolute atomic E-state index is 0.165. The van der Waals surface area contributed by atoms with Gasteiger partial charge in [-0.25, -0.2) is 0 Å². The predicted molar refractivity (Wildman–Crippen MR) is 98.9 cm³/mol. The van der Waals surface area contributed by atoms with E-state index in [1.54, 1.807) is 0 Å². The second-order valence-corrected chi connectivity index (χ2v) is 8.44. The molecule has 0 aliphatic carbocycles. The van der Waals surface area contributed by atoms with Crippen LogP contribution in [0.5, 0.6) is 0 Å². The molecular weight excluding hydrogens is 264 g/mol. The lowest BCUT2D eigenvalue weighted by Gasteiger charge is -2.22. The fourth-order valence-electron chi connectivity index (χ4n) is 3.14. The Morgan fingerprint density at radius 1 is 0.591 bits per heavy atom. The Morgan fingerprint density at radius 2 is 1.32 bits per heavy atom. The van der Waals surface area contributed by atoms with E-state index in [1.165, 1.54) is 32.7 Å². The summed E-state index contributed by atoms with van der Waals surface area (Å²) < 4.78 is 0. The van der Waals surface area contributed by atoms with Crippen molar-refractivity contribution < 1.29 is 0 Å². The third kappa shape index (κ3) is 2.63. The molecule has 0 spiro atoms. The Labute approximate surface area is 134 Å². The van der Waals surface area contributed by atoms with Crippen LogP contribution in [0.4, 0.5) is 0 Å². The van der Waals surface area contributed by atoms with E-state index in [2.05, 4.69) is 90.1 Å². The monoisotopic (exact) mass is 290 g/mol. The number of rotatable bonds is 0. The van der Waals surface area contributed by atoms with Crippen molar-refractivity contribution in [2.75, 3.05) is 0 Å².